The molecule has 2 aromatic carbocycles. The van der Waals surface area contributed by atoms with Crippen LogP contribution < -0.4 is 0 Å². The molecule has 0 radical (unpaired) electrons. The van der Waals surface area contributed by atoms with Crippen LogP contribution in [-0.4, -0.2) is 21.8 Å². The molecular weight excluding hydrogens is 403 g/mol. The van der Waals surface area contributed by atoms with E-state index in [4.69, 9.17) is 27.6 Å². The maximum atomic E-state index is 12.7. The SMILES string of the molecule is O=C(CC(CC(=O)c1cc(Cl)ccc1O)c1ccco1)c1cc(Cl)ccc1O. The van der Waals surface area contributed by atoms with Crippen molar-refractivity contribution in [3.8, 4) is 11.5 Å². The Labute approximate surface area is 171 Å². The van der Waals surface area contributed by atoms with Crippen molar-refractivity contribution in [2.24, 2.45) is 0 Å². The number of halogens is 2. The van der Waals surface area contributed by atoms with Crippen LogP contribution in [0.2, 0.25) is 10.0 Å². The highest BCUT2D eigenvalue weighted by Gasteiger charge is 2.25. The summed E-state index contributed by atoms with van der Waals surface area (Å²) < 4.78 is 5.40. The number of hydrogen-bond donors (Lipinski definition) is 2. The van der Waals surface area contributed by atoms with E-state index in [-0.39, 0.29) is 47.0 Å². The van der Waals surface area contributed by atoms with Gasteiger partial charge in [0.15, 0.2) is 11.6 Å². The first-order chi connectivity index (χ1) is 13.3. The molecule has 3 rings (SSSR count). The molecular formula is C21H16Cl2O5. The summed E-state index contributed by atoms with van der Waals surface area (Å²) >= 11 is 11.8. The van der Waals surface area contributed by atoms with E-state index in [1.54, 1.807) is 12.1 Å². The van der Waals surface area contributed by atoms with E-state index >= 15 is 0 Å². The molecule has 0 fully saturated rings. The number of phenolic OH excluding ortho intramolecular Hbond substituents is 2. The van der Waals surface area contributed by atoms with Crippen molar-refractivity contribution in [3.63, 3.8) is 0 Å². The molecule has 0 aliphatic rings. The molecule has 0 saturated heterocycles. The van der Waals surface area contributed by atoms with Gasteiger partial charge in [0.2, 0.25) is 0 Å². The fourth-order valence-corrected chi connectivity index (χ4v) is 3.27. The predicted molar refractivity (Wildman–Crippen MR) is 106 cm³/mol. The summed E-state index contributed by atoms with van der Waals surface area (Å²) in [6, 6.07) is 11.7. The molecule has 0 saturated carbocycles. The van der Waals surface area contributed by atoms with E-state index in [1.165, 1.54) is 42.7 Å². The van der Waals surface area contributed by atoms with Gasteiger partial charge in [0.05, 0.1) is 17.4 Å². The lowest BCUT2D eigenvalue weighted by atomic mass is 9.89. The van der Waals surface area contributed by atoms with Crippen LogP contribution in [0.3, 0.4) is 0 Å². The number of Topliss-reactive ketones (excluding diaryl/α,β-unsaturated/α-hetero) is 2. The molecule has 28 heavy (non-hydrogen) atoms. The molecule has 2 N–H and O–H groups in total. The van der Waals surface area contributed by atoms with Crippen molar-refractivity contribution >= 4 is 34.8 Å². The fourth-order valence-electron chi connectivity index (χ4n) is 2.93. The van der Waals surface area contributed by atoms with Gasteiger partial charge in [0.25, 0.3) is 0 Å². The summed E-state index contributed by atoms with van der Waals surface area (Å²) in [5, 5.41) is 20.5. The number of aromatic hydroxyl groups is 2. The number of ketones is 2. The first-order valence-electron chi connectivity index (χ1n) is 8.42. The molecule has 0 amide bonds. The van der Waals surface area contributed by atoms with Crippen molar-refractivity contribution < 1.29 is 24.2 Å². The molecule has 0 bridgehead atoms. The van der Waals surface area contributed by atoms with Gasteiger partial charge in [-0.15, -0.1) is 0 Å². The minimum Gasteiger partial charge on any atom is -0.507 e. The Balaban J connectivity index is 1.86. The maximum Gasteiger partial charge on any atom is 0.167 e. The van der Waals surface area contributed by atoms with Crippen molar-refractivity contribution in [2.75, 3.05) is 0 Å². The molecule has 5 nitrogen and oxygen atoms in total. The largest absolute Gasteiger partial charge is 0.507 e. The molecule has 0 aliphatic heterocycles. The third-order valence-corrected chi connectivity index (χ3v) is 4.80. The lowest BCUT2D eigenvalue weighted by Crippen LogP contribution is -2.12. The Hall–Kier alpha value is -2.76. The number of benzene rings is 2. The molecule has 1 heterocycles. The molecule has 1 aromatic heterocycles. The van der Waals surface area contributed by atoms with Crippen LogP contribution >= 0.6 is 23.2 Å². The van der Waals surface area contributed by atoms with Gasteiger partial charge in [-0.25, -0.2) is 0 Å². The number of carbonyl (C=O) groups is 2. The second kappa shape index (κ2) is 8.50. The number of carbonyl (C=O) groups excluding carboxylic acids is 2. The van der Waals surface area contributed by atoms with Crippen molar-refractivity contribution in [1.82, 2.24) is 0 Å². The minimum atomic E-state index is -0.591. The van der Waals surface area contributed by atoms with Crippen LogP contribution in [0.1, 0.15) is 45.2 Å². The Morgan fingerprint density at radius 1 is 0.857 bits per heavy atom. The van der Waals surface area contributed by atoms with Crippen molar-refractivity contribution in [2.45, 2.75) is 18.8 Å². The van der Waals surface area contributed by atoms with E-state index < -0.39 is 5.92 Å². The van der Waals surface area contributed by atoms with Gasteiger partial charge in [-0.2, -0.15) is 0 Å². The third kappa shape index (κ3) is 4.55. The van der Waals surface area contributed by atoms with Gasteiger partial charge in [0, 0.05) is 28.8 Å². The summed E-state index contributed by atoms with van der Waals surface area (Å²) in [5.41, 5.74) is 0.143. The van der Waals surface area contributed by atoms with Gasteiger partial charge < -0.3 is 14.6 Å². The Morgan fingerprint density at radius 3 is 1.79 bits per heavy atom. The first kappa shape index (κ1) is 20.0. The summed E-state index contributed by atoms with van der Waals surface area (Å²) in [6.07, 6.45) is 1.27. The molecule has 0 spiro atoms. The van der Waals surface area contributed by atoms with Gasteiger partial charge in [0.1, 0.15) is 17.3 Å². The molecule has 3 aromatic rings. The zero-order valence-electron chi connectivity index (χ0n) is 14.6. The quantitative estimate of drug-likeness (QED) is 0.485. The van der Waals surface area contributed by atoms with E-state index in [0.717, 1.165) is 0 Å². The second-order valence-corrected chi connectivity index (χ2v) is 7.16. The molecule has 0 atom stereocenters. The van der Waals surface area contributed by atoms with Crippen LogP contribution in [0.15, 0.2) is 59.2 Å². The lowest BCUT2D eigenvalue weighted by Gasteiger charge is -2.14. The highest BCUT2D eigenvalue weighted by atomic mass is 35.5. The van der Waals surface area contributed by atoms with Crippen molar-refractivity contribution in [1.29, 1.82) is 0 Å². The van der Waals surface area contributed by atoms with Gasteiger partial charge >= 0.3 is 0 Å². The smallest absolute Gasteiger partial charge is 0.167 e. The van der Waals surface area contributed by atoms with E-state index in [0.29, 0.717) is 15.8 Å². The predicted octanol–water partition coefficient (Wildman–Crippen LogP) is 5.63. The van der Waals surface area contributed by atoms with E-state index in [9.17, 15) is 19.8 Å². The fraction of sp³-hybridized carbons (Fsp3) is 0.143. The Kier molecular flexibility index (Phi) is 6.07. The van der Waals surface area contributed by atoms with E-state index in [2.05, 4.69) is 0 Å². The van der Waals surface area contributed by atoms with Crippen LogP contribution in [-0.2, 0) is 0 Å². The zero-order valence-corrected chi connectivity index (χ0v) is 16.1. The first-order valence-corrected chi connectivity index (χ1v) is 9.17. The minimum absolute atomic E-state index is 0.0714. The summed E-state index contributed by atoms with van der Waals surface area (Å²) in [7, 11) is 0. The average molecular weight is 419 g/mol. The molecule has 7 heteroatoms. The summed E-state index contributed by atoms with van der Waals surface area (Å²) in [4.78, 5) is 25.4. The van der Waals surface area contributed by atoms with Crippen LogP contribution in [0, 0.1) is 0 Å². The van der Waals surface area contributed by atoms with Crippen LogP contribution in [0.4, 0.5) is 0 Å². The topological polar surface area (TPSA) is 87.7 Å². The normalized spacial score (nSPS) is 11.0. The molecule has 0 unspecified atom stereocenters. The number of furan rings is 1. The maximum absolute atomic E-state index is 12.7. The van der Waals surface area contributed by atoms with E-state index in [1.807, 2.05) is 0 Å². The van der Waals surface area contributed by atoms with Gasteiger partial charge in [-0.05, 0) is 48.5 Å². The molecule has 0 aliphatic carbocycles. The van der Waals surface area contributed by atoms with Crippen LogP contribution in [0.5, 0.6) is 11.5 Å². The zero-order chi connectivity index (χ0) is 20.3. The van der Waals surface area contributed by atoms with Gasteiger partial charge in [-0.1, -0.05) is 23.2 Å². The highest BCUT2D eigenvalue weighted by molar-refractivity contribution is 6.31. The average Bonchev–Trinajstić information content (AvgIpc) is 3.19. The third-order valence-electron chi connectivity index (χ3n) is 4.33. The highest BCUT2D eigenvalue weighted by Crippen LogP contribution is 2.32. The van der Waals surface area contributed by atoms with Crippen molar-refractivity contribution in [3.05, 3.63) is 81.7 Å². The van der Waals surface area contributed by atoms with Crippen LogP contribution in [0.25, 0.3) is 0 Å². The number of hydrogen-bond acceptors (Lipinski definition) is 5. The Morgan fingerprint density at radius 2 is 1.36 bits per heavy atom. The number of phenols is 2. The monoisotopic (exact) mass is 418 g/mol. The summed E-state index contributed by atoms with van der Waals surface area (Å²) in [5.74, 6) is -1.29. The summed E-state index contributed by atoms with van der Waals surface area (Å²) in [6.45, 7) is 0. The number of rotatable bonds is 7. The Bertz CT molecular complexity index is 946. The molecule has 144 valence electrons. The second-order valence-electron chi connectivity index (χ2n) is 6.29. The standard InChI is InChI=1S/C21H16Cl2O5/c22-13-3-5-17(24)15(10-13)19(26)8-12(21-2-1-7-28-21)9-20(27)16-11-14(23)4-6-18(16)25/h1-7,10-12,24-25H,8-9H2. The lowest BCUT2D eigenvalue weighted by molar-refractivity contribution is 0.0936. The van der Waals surface area contributed by atoms with Gasteiger partial charge in [-0.3, -0.25) is 9.59 Å².